The molecule has 3 aromatic rings. The minimum absolute atomic E-state index is 0.0772. The van der Waals surface area contributed by atoms with Crippen LogP contribution < -0.4 is 14.4 Å². The average molecular weight is 458 g/mol. The SMILES string of the molecule is COc1ccc(/C(O)=C2\C(=O)C(=O)N(c3nncs3)C2c2ccc(OC)c(Cl)c2)cc1. The minimum atomic E-state index is -0.946. The average Bonchev–Trinajstić information content (AvgIpc) is 3.40. The molecule has 1 aromatic heterocycles. The molecule has 0 aliphatic carbocycles. The van der Waals surface area contributed by atoms with Crippen molar-refractivity contribution in [3.05, 3.63) is 69.7 Å². The normalized spacial score (nSPS) is 17.8. The quantitative estimate of drug-likeness (QED) is 0.353. The van der Waals surface area contributed by atoms with E-state index in [1.54, 1.807) is 42.5 Å². The van der Waals surface area contributed by atoms with E-state index in [1.807, 2.05) is 0 Å². The van der Waals surface area contributed by atoms with Crippen LogP contribution in [-0.2, 0) is 9.59 Å². The van der Waals surface area contributed by atoms with Gasteiger partial charge < -0.3 is 14.6 Å². The number of halogens is 1. The van der Waals surface area contributed by atoms with E-state index in [0.29, 0.717) is 27.6 Å². The monoisotopic (exact) mass is 457 g/mol. The maximum absolute atomic E-state index is 13.0. The molecular weight excluding hydrogens is 442 g/mol. The predicted octanol–water partition coefficient (Wildman–Crippen LogP) is 3.84. The molecule has 8 nitrogen and oxygen atoms in total. The second-order valence-corrected chi connectivity index (χ2v) is 7.73. The number of hydrogen-bond acceptors (Lipinski definition) is 8. The van der Waals surface area contributed by atoms with Gasteiger partial charge in [-0.1, -0.05) is 29.0 Å². The molecule has 1 unspecified atom stereocenters. The van der Waals surface area contributed by atoms with Crippen molar-refractivity contribution >= 4 is 45.5 Å². The van der Waals surface area contributed by atoms with E-state index in [9.17, 15) is 14.7 Å². The number of hydrogen-bond donors (Lipinski definition) is 1. The third-order valence-electron chi connectivity index (χ3n) is 4.85. The number of rotatable bonds is 5. The molecule has 1 N–H and O–H groups in total. The number of carbonyl (C=O) groups excluding carboxylic acids is 2. The van der Waals surface area contributed by atoms with Crippen LogP contribution in [0.2, 0.25) is 5.02 Å². The van der Waals surface area contributed by atoms with E-state index in [-0.39, 0.29) is 16.5 Å². The standard InChI is InChI=1S/C21H16ClN3O5S/c1-29-13-6-3-11(4-7-13)18(26)16-17(12-5-8-15(30-2)14(22)9-12)25(20(28)19(16)27)21-24-23-10-31-21/h3-10,17,26H,1-2H3/b18-16+. The van der Waals surface area contributed by atoms with Crippen LogP contribution in [-0.4, -0.2) is 41.2 Å². The summed E-state index contributed by atoms with van der Waals surface area (Å²) in [4.78, 5) is 27.2. The summed E-state index contributed by atoms with van der Waals surface area (Å²) in [6.45, 7) is 0. The van der Waals surface area contributed by atoms with Crippen molar-refractivity contribution in [2.45, 2.75) is 6.04 Å². The van der Waals surface area contributed by atoms with Gasteiger partial charge in [0.05, 0.1) is 30.9 Å². The van der Waals surface area contributed by atoms with Crippen molar-refractivity contribution in [1.29, 1.82) is 0 Å². The second-order valence-electron chi connectivity index (χ2n) is 6.51. The zero-order valence-electron chi connectivity index (χ0n) is 16.4. The molecule has 31 heavy (non-hydrogen) atoms. The van der Waals surface area contributed by atoms with Gasteiger partial charge in [0.1, 0.15) is 22.8 Å². The zero-order valence-corrected chi connectivity index (χ0v) is 18.0. The van der Waals surface area contributed by atoms with E-state index >= 15 is 0 Å². The predicted molar refractivity (Wildman–Crippen MR) is 116 cm³/mol. The Morgan fingerprint density at radius 3 is 2.45 bits per heavy atom. The lowest BCUT2D eigenvalue weighted by Crippen LogP contribution is -2.29. The van der Waals surface area contributed by atoms with Gasteiger partial charge in [-0.15, -0.1) is 10.2 Å². The summed E-state index contributed by atoms with van der Waals surface area (Å²) in [7, 11) is 3.01. The van der Waals surface area contributed by atoms with Gasteiger partial charge in [0.25, 0.3) is 5.78 Å². The van der Waals surface area contributed by atoms with E-state index in [2.05, 4.69) is 10.2 Å². The van der Waals surface area contributed by atoms with Crippen LogP contribution in [0.25, 0.3) is 5.76 Å². The largest absolute Gasteiger partial charge is 0.507 e. The Labute approximate surface area is 186 Å². The molecule has 4 rings (SSSR count). The fourth-order valence-corrected chi connectivity index (χ4v) is 4.23. The topological polar surface area (TPSA) is 102 Å². The number of aliphatic hydroxyl groups is 1. The number of anilines is 1. The molecule has 1 atom stereocenters. The maximum atomic E-state index is 13.0. The van der Waals surface area contributed by atoms with Crippen LogP contribution in [0.15, 0.2) is 53.5 Å². The summed E-state index contributed by atoms with van der Waals surface area (Å²) in [5, 5.41) is 19.3. The van der Waals surface area contributed by atoms with Crippen LogP contribution >= 0.6 is 22.9 Å². The van der Waals surface area contributed by atoms with Crippen LogP contribution in [0.1, 0.15) is 17.2 Å². The van der Waals surface area contributed by atoms with Crippen LogP contribution in [0.3, 0.4) is 0 Å². The number of Topliss-reactive ketones (excluding diaryl/α,β-unsaturated/α-hetero) is 1. The first-order valence-electron chi connectivity index (χ1n) is 9.01. The van der Waals surface area contributed by atoms with Crippen LogP contribution in [0.4, 0.5) is 5.13 Å². The van der Waals surface area contributed by atoms with Crippen LogP contribution in [0, 0.1) is 0 Å². The number of nitrogens with zero attached hydrogens (tertiary/aromatic N) is 3. The Morgan fingerprint density at radius 2 is 1.87 bits per heavy atom. The summed E-state index contributed by atoms with van der Waals surface area (Å²) in [5.74, 6) is -0.938. The highest BCUT2D eigenvalue weighted by atomic mass is 35.5. The molecule has 1 saturated heterocycles. The van der Waals surface area contributed by atoms with Gasteiger partial charge in [-0.25, -0.2) is 0 Å². The van der Waals surface area contributed by atoms with Gasteiger partial charge in [0.15, 0.2) is 0 Å². The molecule has 1 aliphatic rings. The van der Waals surface area contributed by atoms with E-state index in [4.69, 9.17) is 21.1 Å². The smallest absolute Gasteiger partial charge is 0.301 e. The Hall–Kier alpha value is -3.43. The van der Waals surface area contributed by atoms with Gasteiger partial charge in [-0.05, 0) is 42.0 Å². The molecule has 0 bridgehead atoms. The van der Waals surface area contributed by atoms with Crippen LogP contribution in [0.5, 0.6) is 11.5 Å². The Bertz CT molecular complexity index is 1180. The van der Waals surface area contributed by atoms with Crippen molar-refractivity contribution in [3.63, 3.8) is 0 Å². The van der Waals surface area contributed by atoms with Gasteiger partial charge in [-0.2, -0.15) is 0 Å². The minimum Gasteiger partial charge on any atom is -0.507 e. The van der Waals surface area contributed by atoms with Gasteiger partial charge in [0, 0.05) is 5.56 Å². The fraction of sp³-hybridized carbons (Fsp3) is 0.143. The number of methoxy groups -OCH3 is 2. The number of amides is 1. The molecule has 1 amide bonds. The second kappa shape index (κ2) is 8.37. The summed E-state index contributed by atoms with van der Waals surface area (Å²) >= 11 is 7.40. The van der Waals surface area contributed by atoms with Gasteiger partial charge >= 0.3 is 5.91 Å². The maximum Gasteiger partial charge on any atom is 0.301 e. The molecule has 2 aromatic carbocycles. The Balaban J connectivity index is 1.92. The third-order valence-corrected chi connectivity index (χ3v) is 5.84. The summed E-state index contributed by atoms with van der Waals surface area (Å²) in [6, 6.07) is 10.5. The number of aliphatic hydroxyl groups excluding tert-OH is 1. The first-order valence-corrected chi connectivity index (χ1v) is 10.3. The lowest BCUT2D eigenvalue weighted by atomic mass is 9.95. The lowest BCUT2D eigenvalue weighted by Gasteiger charge is -2.23. The first-order chi connectivity index (χ1) is 15.0. The van der Waals surface area contributed by atoms with E-state index in [0.717, 1.165) is 11.3 Å². The summed E-state index contributed by atoms with van der Waals surface area (Å²) in [5.41, 5.74) is 2.25. The van der Waals surface area contributed by atoms with Gasteiger partial charge in [0.2, 0.25) is 5.13 Å². The van der Waals surface area contributed by atoms with Crippen molar-refractivity contribution in [3.8, 4) is 11.5 Å². The summed E-state index contributed by atoms with van der Waals surface area (Å²) in [6.07, 6.45) is 0. The third kappa shape index (κ3) is 3.62. The fourth-order valence-electron chi connectivity index (χ4n) is 3.37. The molecule has 0 saturated carbocycles. The highest BCUT2D eigenvalue weighted by Gasteiger charge is 2.48. The number of benzene rings is 2. The Morgan fingerprint density at radius 1 is 1.13 bits per heavy atom. The Kier molecular flexibility index (Phi) is 5.62. The number of carbonyl (C=O) groups is 2. The molecule has 0 radical (unpaired) electrons. The highest BCUT2D eigenvalue weighted by molar-refractivity contribution is 7.13. The molecular formula is C21H16ClN3O5S. The van der Waals surface area contributed by atoms with Crippen molar-refractivity contribution in [2.75, 3.05) is 19.1 Å². The van der Waals surface area contributed by atoms with Gasteiger partial charge in [-0.3, -0.25) is 14.5 Å². The number of ketones is 1. The lowest BCUT2D eigenvalue weighted by molar-refractivity contribution is -0.132. The number of aromatic nitrogens is 2. The molecule has 158 valence electrons. The molecule has 2 heterocycles. The molecule has 10 heteroatoms. The number of ether oxygens (including phenoxy) is 2. The van der Waals surface area contributed by atoms with Crippen molar-refractivity contribution in [2.24, 2.45) is 0 Å². The molecule has 1 aliphatic heterocycles. The molecule has 1 fully saturated rings. The highest BCUT2D eigenvalue weighted by Crippen LogP contribution is 2.43. The van der Waals surface area contributed by atoms with E-state index in [1.165, 1.54) is 24.6 Å². The zero-order chi connectivity index (χ0) is 22.1. The van der Waals surface area contributed by atoms with Crippen molar-refractivity contribution in [1.82, 2.24) is 10.2 Å². The van der Waals surface area contributed by atoms with E-state index < -0.39 is 17.7 Å². The van der Waals surface area contributed by atoms with Crippen molar-refractivity contribution < 1.29 is 24.2 Å². The first kappa shape index (κ1) is 20.8. The molecule has 0 spiro atoms. The summed E-state index contributed by atoms with van der Waals surface area (Å²) < 4.78 is 10.3.